The fraction of sp³-hybridized carbons (Fsp3) is 0.562. The van der Waals surface area contributed by atoms with E-state index in [1.807, 2.05) is 18.2 Å². The molecule has 0 unspecified atom stereocenters. The van der Waals surface area contributed by atoms with Gasteiger partial charge in [0.2, 0.25) is 0 Å². The number of para-hydroxylation sites is 1. The second kappa shape index (κ2) is 7.31. The van der Waals surface area contributed by atoms with E-state index in [9.17, 15) is 4.79 Å². The Labute approximate surface area is 125 Å². The number of fused-ring (bicyclic) bond motifs is 1. The van der Waals surface area contributed by atoms with Gasteiger partial charge in [0, 0.05) is 20.7 Å². The van der Waals surface area contributed by atoms with Crippen LogP contribution in [0.4, 0.5) is 0 Å². The predicted molar refractivity (Wildman–Crippen MR) is 84.0 cm³/mol. The van der Waals surface area contributed by atoms with Gasteiger partial charge in [-0.05, 0) is 18.6 Å². The molecule has 0 spiro atoms. The third kappa shape index (κ3) is 3.47. The number of unbranched alkanes of at least 4 members (excludes halogenated alkanes) is 2. The topological polar surface area (TPSA) is 45.4 Å². The first kappa shape index (κ1) is 15.6. The molecule has 0 aliphatic rings. The van der Waals surface area contributed by atoms with Crippen LogP contribution < -0.4 is 10.4 Å². The lowest BCUT2D eigenvalue weighted by Crippen LogP contribution is -2.19. The molecule has 0 amide bonds. The van der Waals surface area contributed by atoms with Crippen LogP contribution in [0.3, 0.4) is 0 Å². The highest BCUT2D eigenvalue weighted by atomic mass is 16.5. The minimum Gasteiger partial charge on any atom is -0.489 e. The van der Waals surface area contributed by atoms with E-state index in [1.165, 1.54) is 12.8 Å². The minimum absolute atomic E-state index is 0.0446. The van der Waals surface area contributed by atoms with Gasteiger partial charge in [0.05, 0.1) is 12.1 Å². The van der Waals surface area contributed by atoms with E-state index in [-0.39, 0.29) is 5.69 Å². The van der Waals surface area contributed by atoms with Crippen molar-refractivity contribution in [1.82, 2.24) is 9.13 Å². The van der Waals surface area contributed by atoms with Gasteiger partial charge in [-0.15, -0.1) is 0 Å². The first-order valence-electron chi connectivity index (χ1n) is 7.51. The Morgan fingerprint density at radius 2 is 1.86 bits per heavy atom. The molecule has 5 nitrogen and oxygen atoms in total. The van der Waals surface area contributed by atoms with Crippen molar-refractivity contribution >= 4 is 11.0 Å². The number of ether oxygens (including phenoxy) is 2. The number of imidazole rings is 1. The molecule has 21 heavy (non-hydrogen) atoms. The molecular weight excluding hydrogens is 268 g/mol. The van der Waals surface area contributed by atoms with E-state index in [0.29, 0.717) is 13.2 Å². The molecule has 1 aromatic carbocycles. The molecule has 0 fully saturated rings. The van der Waals surface area contributed by atoms with Gasteiger partial charge < -0.3 is 9.47 Å². The van der Waals surface area contributed by atoms with Crippen molar-refractivity contribution in [2.75, 3.05) is 19.8 Å². The number of rotatable bonds is 8. The second-order valence-corrected chi connectivity index (χ2v) is 5.19. The van der Waals surface area contributed by atoms with Gasteiger partial charge in [-0.25, -0.2) is 4.79 Å². The molecule has 0 atom stereocenters. The van der Waals surface area contributed by atoms with Crippen molar-refractivity contribution in [2.24, 2.45) is 14.1 Å². The Balaban J connectivity index is 1.97. The summed E-state index contributed by atoms with van der Waals surface area (Å²) >= 11 is 0. The Hall–Kier alpha value is -1.75. The Kier molecular flexibility index (Phi) is 5.44. The predicted octanol–water partition coefficient (Wildman–Crippen LogP) is 2.46. The maximum atomic E-state index is 12.0. The zero-order valence-corrected chi connectivity index (χ0v) is 13.1. The molecule has 0 saturated carbocycles. The zero-order valence-electron chi connectivity index (χ0n) is 13.1. The lowest BCUT2D eigenvalue weighted by Gasteiger charge is -2.09. The van der Waals surface area contributed by atoms with E-state index in [4.69, 9.17) is 9.47 Å². The fourth-order valence-corrected chi connectivity index (χ4v) is 2.43. The molecular formula is C16H24N2O3. The molecule has 2 rings (SSSR count). The number of nitrogens with zero attached hydrogens (tertiary/aromatic N) is 2. The monoisotopic (exact) mass is 292 g/mol. The average Bonchev–Trinajstić information content (AvgIpc) is 2.72. The standard InChI is InChI=1S/C16H24N2O3/c1-4-5-6-10-20-11-12-21-14-9-7-8-13-15(14)18(3)16(19)17(13)2/h7-9H,4-6,10-12H2,1-3H3. The van der Waals surface area contributed by atoms with Gasteiger partial charge in [-0.1, -0.05) is 25.8 Å². The van der Waals surface area contributed by atoms with Gasteiger partial charge in [-0.3, -0.25) is 9.13 Å². The number of hydrogen-bond donors (Lipinski definition) is 0. The van der Waals surface area contributed by atoms with Crippen LogP contribution in [0.2, 0.25) is 0 Å². The summed E-state index contributed by atoms with van der Waals surface area (Å²) in [6.07, 6.45) is 3.50. The molecule has 5 heteroatoms. The van der Waals surface area contributed by atoms with Crippen molar-refractivity contribution in [3.8, 4) is 5.75 Å². The minimum atomic E-state index is -0.0446. The maximum Gasteiger partial charge on any atom is 0.328 e. The first-order chi connectivity index (χ1) is 10.2. The molecule has 1 aromatic heterocycles. The van der Waals surface area contributed by atoms with Crippen LogP contribution in [-0.2, 0) is 18.8 Å². The molecule has 1 heterocycles. The number of aryl methyl sites for hydroxylation is 2. The summed E-state index contributed by atoms with van der Waals surface area (Å²) < 4.78 is 14.6. The molecule has 0 saturated heterocycles. The summed E-state index contributed by atoms with van der Waals surface area (Å²) in [6, 6.07) is 5.71. The van der Waals surface area contributed by atoms with E-state index in [2.05, 4.69) is 6.92 Å². The summed E-state index contributed by atoms with van der Waals surface area (Å²) in [6.45, 7) is 4.02. The maximum absolute atomic E-state index is 12.0. The van der Waals surface area contributed by atoms with E-state index in [0.717, 1.165) is 29.8 Å². The number of aromatic nitrogens is 2. The SMILES string of the molecule is CCCCCOCCOc1cccc2c1n(C)c(=O)n2C. The summed E-state index contributed by atoms with van der Waals surface area (Å²) in [5.41, 5.74) is 1.66. The smallest absolute Gasteiger partial charge is 0.328 e. The Bertz CT molecular complexity index is 643. The van der Waals surface area contributed by atoms with Crippen molar-refractivity contribution < 1.29 is 9.47 Å². The third-order valence-corrected chi connectivity index (χ3v) is 3.63. The Morgan fingerprint density at radius 3 is 2.62 bits per heavy atom. The highest BCUT2D eigenvalue weighted by Gasteiger charge is 2.12. The van der Waals surface area contributed by atoms with Crippen molar-refractivity contribution in [1.29, 1.82) is 0 Å². The quantitative estimate of drug-likeness (QED) is 0.702. The largest absolute Gasteiger partial charge is 0.489 e. The molecule has 0 N–H and O–H groups in total. The lowest BCUT2D eigenvalue weighted by atomic mass is 10.3. The van der Waals surface area contributed by atoms with Crippen LogP contribution in [-0.4, -0.2) is 29.0 Å². The van der Waals surface area contributed by atoms with Crippen LogP contribution in [0.25, 0.3) is 11.0 Å². The Morgan fingerprint density at radius 1 is 1.05 bits per heavy atom. The van der Waals surface area contributed by atoms with Crippen LogP contribution in [0, 0.1) is 0 Å². The highest BCUT2D eigenvalue weighted by molar-refractivity contribution is 5.82. The van der Waals surface area contributed by atoms with Gasteiger partial charge >= 0.3 is 5.69 Å². The third-order valence-electron chi connectivity index (χ3n) is 3.63. The van der Waals surface area contributed by atoms with Gasteiger partial charge in [0.25, 0.3) is 0 Å². The van der Waals surface area contributed by atoms with Gasteiger partial charge in [0.1, 0.15) is 17.9 Å². The highest BCUT2D eigenvalue weighted by Crippen LogP contribution is 2.23. The summed E-state index contributed by atoms with van der Waals surface area (Å²) in [4.78, 5) is 12.0. The molecule has 0 aliphatic heterocycles. The summed E-state index contributed by atoms with van der Waals surface area (Å²) in [5.74, 6) is 0.727. The van der Waals surface area contributed by atoms with Crippen LogP contribution in [0.1, 0.15) is 26.2 Å². The van der Waals surface area contributed by atoms with Crippen LogP contribution >= 0.6 is 0 Å². The van der Waals surface area contributed by atoms with Crippen LogP contribution in [0.15, 0.2) is 23.0 Å². The van der Waals surface area contributed by atoms with Crippen LogP contribution in [0.5, 0.6) is 5.75 Å². The second-order valence-electron chi connectivity index (χ2n) is 5.19. The molecule has 0 bridgehead atoms. The van der Waals surface area contributed by atoms with E-state index >= 15 is 0 Å². The van der Waals surface area contributed by atoms with Gasteiger partial charge in [0.15, 0.2) is 0 Å². The molecule has 2 aromatic rings. The van der Waals surface area contributed by atoms with Crippen molar-refractivity contribution in [3.05, 3.63) is 28.7 Å². The average molecular weight is 292 g/mol. The zero-order chi connectivity index (χ0) is 15.2. The molecule has 116 valence electrons. The molecule has 0 radical (unpaired) electrons. The van der Waals surface area contributed by atoms with Crippen molar-refractivity contribution in [3.63, 3.8) is 0 Å². The fourth-order valence-electron chi connectivity index (χ4n) is 2.43. The lowest BCUT2D eigenvalue weighted by molar-refractivity contribution is 0.0977. The first-order valence-corrected chi connectivity index (χ1v) is 7.51. The van der Waals surface area contributed by atoms with E-state index in [1.54, 1.807) is 23.2 Å². The van der Waals surface area contributed by atoms with Gasteiger partial charge in [-0.2, -0.15) is 0 Å². The van der Waals surface area contributed by atoms with Crippen molar-refractivity contribution in [2.45, 2.75) is 26.2 Å². The summed E-state index contributed by atoms with van der Waals surface area (Å²) in [7, 11) is 3.53. The number of benzene rings is 1. The molecule has 0 aliphatic carbocycles. The summed E-state index contributed by atoms with van der Waals surface area (Å²) in [5, 5.41) is 0. The normalized spacial score (nSPS) is 11.2. The van der Waals surface area contributed by atoms with E-state index < -0.39 is 0 Å². The number of hydrogen-bond acceptors (Lipinski definition) is 3.